The monoisotopic (exact) mass is 415 g/mol. The summed E-state index contributed by atoms with van der Waals surface area (Å²) >= 11 is 6.08. The lowest BCUT2D eigenvalue weighted by Gasteiger charge is -2.17. The van der Waals surface area contributed by atoms with Gasteiger partial charge in [-0.1, -0.05) is 38.4 Å². The number of pyridine rings is 1. The summed E-state index contributed by atoms with van der Waals surface area (Å²) in [6.07, 6.45) is 3.79. The zero-order valence-corrected chi connectivity index (χ0v) is 18.0. The zero-order valence-electron chi connectivity index (χ0n) is 17.2. The predicted molar refractivity (Wildman–Crippen MR) is 116 cm³/mol. The number of fused-ring (bicyclic) bond motifs is 1. The van der Waals surface area contributed by atoms with Crippen LogP contribution in [-0.4, -0.2) is 14.1 Å². The summed E-state index contributed by atoms with van der Waals surface area (Å²) in [5, 5.41) is 1.01. The van der Waals surface area contributed by atoms with E-state index in [2.05, 4.69) is 18.8 Å². The van der Waals surface area contributed by atoms with E-state index < -0.39 is 0 Å². The van der Waals surface area contributed by atoms with Gasteiger partial charge in [-0.15, -0.1) is 0 Å². The van der Waals surface area contributed by atoms with Crippen molar-refractivity contribution in [1.29, 1.82) is 0 Å². The van der Waals surface area contributed by atoms with Gasteiger partial charge in [0.05, 0.1) is 11.6 Å². The van der Waals surface area contributed by atoms with Crippen molar-refractivity contribution in [2.75, 3.05) is 0 Å². The molecule has 29 heavy (non-hydrogen) atoms. The SMILES string of the molecule is CCCn1c(=O)c2c(CCC(C)C)c(Oc3cccc(Cl)c3)cnc2n(C)c1=O. The number of aromatic nitrogens is 3. The highest BCUT2D eigenvalue weighted by atomic mass is 35.5. The first-order chi connectivity index (χ1) is 13.8. The molecule has 0 aliphatic carbocycles. The van der Waals surface area contributed by atoms with Crippen LogP contribution in [0.4, 0.5) is 0 Å². The van der Waals surface area contributed by atoms with Crippen LogP contribution in [0.15, 0.2) is 40.1 Å². The van der Waals surface area contributed by atoms with Crippen LogP contribution in [-0.2, 0) is 20.0 Å². The molecule has 2 heterocycles. The fraction of sp³-hybridized carbons (Fsp3) is 0.409. The first-order valence-corrected chi connectivity index (χ1v) is 10.3. The Morgan fingerprint density at radius 3 is 2.66 bits per heavy atom. The van der Waals surface area contributed by atoms with Gasteiger partial charge in [0.25, 0.3) is 5.56 Å². The molecular formula is C22H26ClN3O3. The maximum absolute atomic E-state index is 13.2. The number of halogens is 1. The van der Waals surface area contributed by atoms with E-state index in [4.69, 9.17) is 16.3 Å². The summed E-state index contributed by atoms with van der Waals surface area (Å²) < 4.78 is 8.80. The maximum Gasteiger partial charge on any atom is 0.332 e. The average molecular weight is 416 g/mol. The van der Waals surface area contributed by atoms with Gasteiger partial charge in [0.2, 0.25) is 0 Å². The molecule has 3 rings (SSSR count). The zero-order chi connectivity index (χ0) is 21.1. The fourth-order valence-electron chi connectivity index (χ4n) is 3.34. The van der Waals surface area contributed by atoms with E-state index in [-0.39, 0.29) is 11.2 Å². The van der Waals surface area contributed by atoms with Crippen molar-refractivity contribution in [3.63, 3.8) is 0 Å². The van der Waals surface area contributed by atoms with Crippen molar-refractivity contribution < 1.29 is 4.74 Å². The highest BCUT2D eigenvalue weighted by Crippen LogP contribution is 2.31. The van der Waals surface area contributed by atoms with Gasteiger partial charge in [-0.05, 0) is 43.4 Å². The summed E-state index contributed by atoms with van der Waals surface area (Å²) in [6, 6.07) is 7.09. The fourth-order valence-corrected chi connectivity index (χ4v) is 3.52. The molecule has 154 valence electrons. The topological polar surface area (TPSA) is 66.1 Å². The van der Waals surface area contributed by atoms with E-state index >= 15 is 0 Å². The molecule has 0 aliphatic heterocycles. The van der Waals surface area contributed by atoms with Gasteiger partial charge in [-0.25, -0.2) is 9.78 Å². The van der Waals surface area contributed by atoms with E-state index in [0.29, 0.717) is 52.9 Å². The Morgan fingerprint density at radius 1 is 1.24 bits per heavy atom. The lowest BCUT2D eigenvalue weighted by molar-refractivity contribution is 0.470. The van der Waals surface area contributed by atoms with Crippen molar-refractivity contribution in [3.05, 3.63) is 61.9 Å². The lowest BCUT2D eigenvalue weighted by Crippen LogP contribution is -2.39. The molecule has 0 bridgehead atoms. The summed E-state index contributed by atoms with van der Waals surface area (Å²) in [5.74, 6) is 1.53. The van der Waals surface area contributed by atoms with Crippen molar-refractivity contribution in [2.24, 2.45) is 13.0 Å². The molecule has 0 atom stereocenters. The summed E-state index contributed by atoms with van der Waals surface area (Å²) in [5.41, 5.74) is 0.488. The first kappa shape index (κ1) is 21.1. The van der Waals surface area contributed by atoms with Crippen LogP contribution in [0, 0.1) is 5.92 Å². The number of ether oxygens (including phenoxy) is 1. The maximum atomic E-state index is 13.2. The molecule has 0 unspecified atom stereocenters. The highest BCUT2D eigenvalue weighted by molar-refractivity contribution is 6.30. The molecule has 0 amide bonds. The molecular weight excluding hydrogens is 390 g/mol. The van der Waals surface area contributed by atoms with Crippen LogP contribution in [0.25, 0.3) is 11.0 Å². The summed E-state index contributed by atoms with van der Waals surface area (Å²) in [4.78, 5) is 30.3. The largest absolute Gasteiger partial charge is 0.455 e. The molecule has 0 radical (unpaired) electrons. The van der Waals surface area contributed by atoms with Gasteiger partial charge in [0.1, 0.15) is 17.1 Å². The van der Waals surface area contributed by atoms with Crippen LogP contribution in [0.5, 0.6) is 11.5 Å². The number of hydrogen-bond donors (Lipinski definition) is 0. The van der Waals surface area contributed by atoms with Crippen molar-refractivity contribution in [1.82, 2.24) is 14.1 Å². The van der Waals surface area contributed by atoms with Gasteiger partial charge >= 0.3 is 5.69 Å². The molecule has 1 aromatic carbocycles. The van der Waals surface area contributed by atoms with E-state index in [9.17, 15) is 9.59 Å². The minimum absolute atomic E-state index is 0.312. The Kier molecular flexibility index (Phi) is 6.42. The minimum atomic E-state index is -0.352. The minimum Gasteiger partial charge on any atom is -0.455 e. The highest BCUT2D eigenvalue weighted by Gasteiger charge is 2.19. The van der Waals surface area contributed by atoms with Crippen LogP contribution < -0.4 is 16.0 Å². The average Bonchev–Trinajstić information content (AvgIpc) is 2.68. The normalized spacial score (nSPS) is 11.4. The molecule has 2 aromatic heterocycles. The number of nitrogens with zero attached hydrogens (tertiary/aromatic N) is 3. The van der Waals surface area contributed by atoms with Gasteiger partial charge in [-0.3, -0.25) is 13.9 Å². The number of benzene rings is 1. The van der Waals surface area contributed by atoms with Gasteiger partial charge in [0, 0.05) is 24.2 Å². The number of aryl methyl sites for hydroxylation is 2. The van der Waals surface area contributed by atoms with Gasteiger partial charge < -0.3 is 4.74 Å². The lowest BCUT2D eigenvalue weighted by atomic mass is 10.0. The van der Waals surface area contributed by atoms with Crippen molar-refractivity contribution in [3.8, 4) is 11.5 Å². The Hall–Kier alpha value is -2.60. The van der Waals surface area contributed by atoms with E-state index in [1.807, 2.05) is 6.92 Å². The van der Waals surface area contributed by atoms with Crippen LogP contribution in [0.3, 0.4) is 0 Å². The van der Waals surface area contributed by atoms with Gasteiger partial charge in [-0.2, -0.15) is 0 Å². The van der Waals surface area contributed by atoms with E-state index in [1.54, 1.807) is 37.5 Å². The van der Waals surface area contributed by atoms with E-state index in [0.717, 1.165) is 12.0 Å². The third-order valence-electron chi connectivity index (χ3n) is 4.86. The second-order valence-corrected chi connectivity index (χ2v) is 8.03. The molecule has 0 spiro atoms. The third kappa shape index (κ3) is 4.37. The predicted octanol–water partition coefficient (Wildman–Crippen LogP) is 4.54. The standard InChI is InChI=1S/C22H26ClN3O3/c1-5-11-26-21(27)19-17(10-9-14(2)3)18(13-24-20(19)25(4)22(26)28)29-16-8-6-7-15(23)12-16/h6-8,12-14H,5,9-11H2,1-4H3. The van der Waals surface area contributed by atoms with Crippen molar-refractivity contribution in [2.45, 2.75) is 46.6 Å². The second-order valence-electron chi connectivity index (χ2n) is 7.59. The molecule has 6 nitrogen and oxygen atoms in total. The third-order valence-corrected chi connectivity index (χ3v) is 5.10. The smallest absolute Gasteiger partial charge is 0.332 e. The molecule has 7 heteroatoms. The van der Waals surface area contributed by atoms with Crippen LogP contribution in [0.1, 0.15) is 39.2 Å². The first-order valence-electron chi connectivity index (χ1n) is 9.88. The molecule has 3 aromatic rings. The molecule has 0 N–H and O–H groups in total. The van der Waals surface area contributed by atoms with Crippen molar-refractivity contribution >= 4 is 22.6 Å². The molecule has 0 aliphatic rings. The number of rotatable bonds is 7. The van der Waals surface area contributed by atoms with Crippen LogP contribution >= 0.6 is 11.6 Å². The Labute approximate surface area is 174 Å². The Balaban J connectivity index is 2.27. The summed E-state index contributed by atoms with van der Waals surface area (Å²) in [6.45, 7) is 6.56. The summed E-state index contributed by atoms with van der Waals surface area (Å²) in [7, 11) is 1.65. The number of hydrogen-bond acceptors (Lipinski definition) is 4. The Bertz CT molecular complexity index is 1150. The van der Waals surface area contributed by atoms with E-state index in [1.165, 1.54) is 9.13 Å². The van der Waals surface area contributed by atoms with Gasteiger partial charge in [0.15, 0.2) is 0 Å². The molecule has 0 saturated heterocycles. The molecule has 0 saturated carbocycles. The second kappa shape index (κ2) is 8.82. The quantitative estimate of drug-likeness (QED) is 0.568. The Morgan fingerprint density at radius 2 is 2.00 bits per heavy atom. The molecule has 0 fully saturated rings. The van der Waals surface area contributed by atoms with Crippen LogP contribution in [0.2, 0.25) is 5.02 Å².